The molecule has 0 amide bonds. The zero-order valence-corrected chi connectivity index (χ0v) is 7.74. The molecule has 1 aromatic carbocycles. The van der Waals surface area contributed by atoms with Gasteiger partial charge < -0.3 is 10.3 Å². The fourth-order valence-electron chi connectivity index (χ4n) is 0.506. The van der Waals surface area contributed by atoms with Crippen molar-refractivity contribution in [3.63, 3.8) is 0 Å². The quantitative estimate of drug-likeness (QED) is 0.338. The number of hydrogen-bond acceptors (Lipinski definition) is 2. The topological polar surface area (TPSA) is 47.1 Å². The molecule has 0 fully saturated rings. The summed E-state index contributed by atoms with van der Waals surface area (Å²) < 4.78 is 0. The van der Waals surface area contributed by atoms with E-state index in [1.807, 2.05) is 6.07 Å². The Bertz CT molecular complexity index is 174. The number of carbonyl (C=O) groups excluding carboxylic acids is 1. The van der Waals surface area contributed by atoms with Gasteiger partial charge in [-0.1, -0.05) is 6.07 Å². The van der Waals surface area contributed by atoms with Crippen LogP contribution in [0.3, 0.4) is 0 Å². The Morgan fingerprint density at radius 3 is 1.90 bits per heavy atom. The third-order valence-electron chi connectivity index (χ3n) is 0.892. The van der Waals surface area contributed by atoms with Crippen LogP contribution in [-0.4, -0.2) is 11.8 Å². The number of benzene rings is 1. The van der Waals surface area contributed by atoms with Gasteiger partial charge in [0.15, 0.2) is 0 Å². The normalized spacial score (nSPS) is 6.80. The van der Waals surface area contributed by atoms with Gasteiger partial charge in [0.25, 0.3) is 0 Å². The van der Waals surface area contributed by atoms with Crippen molar-refractivity contribution >= 4 is 6.29 Å². The number of hydrogen-bond donors (Lipinski definition) is 0. The summed E-state index contributed by atoms with van der Waals surface area (Å²) in [7, 11) is 0. The Morgan fingerprint density at radius 1 is 1.10 bits per heavy atom. The van der Waals surface area contributed by atoms with Gasteiger partial charge in [-0.05, 0) is 0 Å². The average molecular weight is 145 g/mol. The Morgan fingerprint density at radius 2 is 1.60 bits per heavy atom. The van der Waals surface area contributed by atoms with E-state index in [0.717, 1.165) is 0 Å². The van der Waals surface area contributed by atoms with Gasteiger partial charge in [-0.25, -0.2) is 0 Å². The molecule has 0 saturated heterocycles. The second-order valence-electron chi connectivity index (χ2n) is 1.47. The van der Waals surface area contributed by atoms with E-state index in [9.17, 15) is 4.79 Å². The van der Waals surface area contributed by atoms with Gasteiger partial charge in [-0.3, -0.25) is 0 Å². The maximum atomic E-state index is 9.88. The van der Waals surface area contributed by atoms with Gasteiger partial charge in [0.1, 0.15) is 0 Å². The van der Waals surface area contributed by atoms with E-state index in [4.69, 9.17) is 0 Å². The Labute approximate surface area is 81.9 Å². The van der Waals surface area contributed by atoms with E-state index in [2.05, 4.69) is 0 Å². The summed E-state index contributed by atoms with van der Waals surface area (Å²) in [6.07, 6.45) is 1.78. The second kappa shape index (κ2) is 6.96. The van der Waals surface area contributed by atoms with Gasteiger partial charge in [0, 0.05) is 0 Å². The maximum Gasteiger partial charge on any atom is 1.00 e. The summed E-state index contributed by atoms with van der Waals surface area (Å²) >= 11 is 0. The molecule has 0 radical (unpaired) electrons. The van der Waals surface area contributed by atoms with Crippen molar-refractivity contribution in [1.29, 1.82) is 0 Å². The van der Waals surface area contributed by atoms with Gasteiger partial charge in [-0.15, -0.1) is 12.1 Å². The first kappa shape index (κ1) is 12.5. The van der Waals surface area contributed by atoms with Gasteiger partial charge >= 0.3 is 29.6 Å². The minimum atomic E-state index is 0. The Hall–Kier alpha value is -0.150. The fourth-order valence-corrected chi connectivity index (χ4v) is 0.506. The SMILES string of the molecule is O=[C-]c1ccccc1.[Na+].[OH-]. The van der Waals surface area contributed by atoms with Crippen molar-refractivity contribution in [3.8, 4) is 0 Å². The molecule has 0 aliphatic heterocycles. The molecular weight excluding hydrogens is 139 g/mol. The minimum absolute atomic E-state index is 0. The van der Waals surface area contributed by atoms with Crippen LogP contribution in [0.15, 0.2) is 30.3 Å². The van der Waals surface area contributed by atoms with Crippen molar-refractivity contribution in [3.05, 3.63) is 35.9 Å². The average Bonchev–Trinajstić information content (AvgIpc) is 1.90. The molecule has 0 unspecified atom stereocenters. The second-order valence-corrected chi connectivity index (χ2v) is 1.47. The smallest absolute Gasteiger partial charge is 0.870 e. The van der Waals surface area contributed by atoms with Crippen LogP contribution < -0.4 is 29.6 Å². The molecule has 0 aliphatic rings. The molecule has 0 saturated carbocycles. The van der Waals surface area contributed by atoms with Gasteiger partial charge in [0.05, 0.1) is 6.29 Å². The van der Waals surface area contributed by atoms with Crippen molar-refractivity contribution in [2.75, 3.05) is 0 Å². The van der Waals surface area contributed by atoms with Crippen molar-refractivity contribution in [2.24, 2.45) is 0 Å². The van der Waals surface area contributed by atoms with Gasteiger partial charge in [0.2, 0.25) is 0 Å². The van der Waals surface area contributed by atoms with Crippen LogP contribution in [-0.2, 0) is 4.79 Å². The largest absolute Gasteiger partial charge is 1.00 e. The molecule has 2 nitrogen and oxygen atoms in total. The molecule has 3 heteroatoms. The van der Waals surface area contributed by atoms with Crippen LogP contribution in [0.25, 0.3) is 0 Å². The van der Waals surface area contributed by atoms with Crippen LogP contribution in [0.2, 0.25) is 0 Å². The van der Waals surface area contributed by atoms with Gasteiger partial charge in [-0.2, -0.15) is 17.7 Å². The van der Waals surface area contributed by atoms with Crippen molar-refractivity contribution in [1.82, 2.24) is 0 Å². The Kier molecular flexibility index (Phi) is 8.72. The molecule has 48 valence electrons. The summed E-state index contributed by atoms with van der Waals surface area (Å²) in [6, 6.07) is 8.90. The van der Waals surface area contributed by atoms with E-state index in [0.29, 0.717) is 5.56 Å². The molecule has 1 N–H and O–H groups in total. The molecule has 0 spiro atoms. The molecule has 0 atom stereocenters. The van der Waals surface area contributed by atoms with E-state index in [-0.39, 0.29) is 35.0 Å². The predicted octanol–water partition coefficient (Wildman–Crippen LogP) is -2.03. The van der Waals surface area contributed by atoms with Crippen molar-refractivity contribution in [2.45, 2.75) is 0 Å². The van der Waals surface area contributed by atoms with Crippen LogP contribution in [0.1, 0.15) is 5.56 Å². The summed E-state index contributed by atoms with van der Waals surface area (Å²) in [4.78, 5) is 9.88. The van der Waals surface area contributed by atoms with Crippen LogP contribution in [0.5, 0.6) is 0 Å². The predicted molar refractivity (Wildman–Crippen MR) is 33.2 cm³/mol. The van der Waals surface area contributed by atoms with E-state index >= 15 is 0 Å². The summed E-state index contributed by atoms with van der Waals surface area (Å²) in [5, 5.41) is 0. The monoisotopic (exact) mass is 145 g/mol. The summed E-state index contributed by atoms with van der Waals surface area (Å²) in [5.41, 5.74) is 0.604. The molecular formula is C7H6NaO2-. The summed E-state index contributed by atoms with van der Waals surface area (Å²) in [5.74, 6) is 0. The van der Waals surface area contributed by atoms with E-state index in [1.165, 1.54) is 0 Å². The fraction of sp³-hybridized carbons (Fsp3) is 0. The first-order valence-corrected chi connectivity index (χ1v) is 2.36. The molecule has 0 aromatic heterocycles. The first-order chi connectivity index (χ1) is 3.93. The first-order valence-electron chi connectivity index (χ1n) is 2.36. The zero-order valence-electron chi connectivity index (χ0n) is 5.74. The molecule has 0 heterocycles. The molecule has 0 bridgehead atoms. The van der Waals surface area contributed by atoms with E-state index in [1.54, 1.807) is 30.6 Å². The molecule has 10 heavy (non-hydrogen) atoms. The number of rotatable bonds is 1. The van der Waals surface area contributed by atoms with E-state index < -0.39 is 0 Å². The van der Waals surface area contributed by atoms with Crippen LogP contribution in [0.4, 0.5) is 0 Å². The zero-order chi connectivity index (χ0) is 5.82. The van der Waals surface area contributed by atoms with Crippen LogP contribution in [0, 0.1) is 0 Å². The molecule has 1 aromatic rings. The molecule has 0 aliphatic carbocycles. The Balaban J connectivity index is 0. The molecule has 1 rings (SSSR count). The third kappa shape index (κ3) is 3.80. The minimum Gasteiger partial charge on any atom is -0.870 e. The summed E-state index contributed by atoms with van der Waals surface area (Å²) in [6.45, 7) is 0. The van der Waals surface area contributed by atoms with Crippen molar-refractivity contribution < 1.29 is 39.8 Å². The third-order valence-corrected chi connectivity index (χ3v) is 0.892. The van der Waals surface area contributed by atoms with Crippen LogP contribution >= 0.6 is 0 Å². The standard InChI is InChI=1S/C7H5O.Na.H2O/c8-6-7-4-2-1-3-5-7;;/h1-5H;;1H2/q-1;+1;/p-1. The maximum absolute atomic E-state index is 9.88.